The smallest absolute Gasteiger partial charge is 0.335 e. The predicted molar refractivity (Wildman–Crippen MR) is 86.2 cm³/mol. The Bertz CT molecular complexity index is 553. The first-order chi connectivity index (χ1) is 10.8. The van der Waals surface area contributed by atoms with Gasteiger partial charge in [0.1, 0.15) is 0 Å². The summed E-state index contributed by atoms with van der Waals surface area (Å²) in [5.74, 6) is 0.168. The molecule has 118 valence electrons. The summed E-state index contributed by atoms with van der Waals surface area (Å²) in [6.07, 6.45) is 2.95. The maximum absolute atomic E-state index is 12.3. The van der Waals surface area contributed by atoms with E-state index < -0.39 is 0 Å². The molecule has 0 radical (unpaired) electrons. The van der Waals surface area contributed by atoms with Gasteiger partial charge < -0.3 is 15.4 Å². The van der Waals surface area contributed by atoms with Crippen molar-refractivity contribution in [2.45, 2.75) is 32.2 Å². The third-order valence-electron chi connectivity index (χ3n) is 4.53. The predicted octanol–water partition coefficient (Wildman–Crippen LogP) is 2.54. The molecule has 1 heterocycles. The molecule has 0 amide bonds. The highest BCUT2D eigenvalue weighted by Gasteiger charge is 2.34. The summed E-state index contributed by atoms with van der Waals surface area (Å²) in [5.41, 5.74) is 3.24. The Morgan fingerprint density at radius 2 is 2.09 bits per heavy atom. The molecule has 2 aliphatic rings. The number of esters is 1. The second kappa shape index (κ2) is 6.97. The highest BCUT2D eigenvalue weighted by Crippen LogP contribution is 2.38. The molecule has 22 heavy (non-hydrogen) atoms. The van der Waals surface area contributed by atoms with E-state index in [0.29, 0.717) is 12.5 Å². The van der Waals surface area contributed by atoms with Crippen molar-refractivity contribution in [2.24, 2.45) is 5.92 Å². The summed E-state index contributed by atoms with van der Waals surface area (Å²) >= 11 is 0. The van der Waals surface area contributed by atoms with Crippen LogP contribution in [0.15, 0.2) is 41.6 Å². The number of ether oxygens (including phenoxy) is 1. The monoisotopic (exact) mass is 300 g/mol. The molecule has 0 unspecified atom stereocenters. The fourth-order valence-electron chi connectivity index (χ4n) is 3.58. The highest BCUT2D eigenvalue weighted by molar-refractivity contribution is 5.89. The van der Waals surface area contributed by atoms with Crippen LogP contribution in [0.4, 0.5) is 0 Å². The van der Waals surface area contributed by atoms with Crippen molar-refractivity contribution in [1.29, 1.82) is 0 Å². The topological polar surface area (TPSA) is 50.4 Å². The van der Waals surface area contributed by atoms with Crippen LogP contribution in [0.25, 0.3) is 0 Å². The molecule has 0 bridgehead atoms. The number of fused-ring (bicyclic) bond motifs is 1. The van der Waals surface area contributed by atoms with E-state index in [1.165, 1.54) is 5.56 Å². The molecule has 1 fully saturated rings. The van der Waals surface area contributed by atoms with E-state index in [4.69, 9.17) is 4.74 Å². The van der Waals surface area contributed by atoms with E-state index in [2.05, 4.69) is 34.9 Å². The number of carbonyl (C=O) groups excluding carboxylic acids is 1. The quantitative estimate of drug-likeness (QED) is 0.842. The van der Waals surface area contributed by atoms with Crippen LogP contribution in [0.5, 0.6) is 0 Å². The van der Waals surface area contributed by atoms with Crippen LogP contribution in [0.2, 0.25) is 0 Å². The maximum Gasteiger partial charge on any atom is 0.335 e. The Kier molecular flexibility index (Phi) is 4.78. The van der Waals surface area contributed by atoms with Crippen molar-refractivity contribution in [3.8, 4) is 0 Å². The molecule has 4 nitrogen and oxygen atoms in total. The number of carbonyl (C=O) groups is 1. The molecule has 1 aromatic rings. The zero-order valence-corrected chi connectivity index (χ0v) is 13.1. The maximum atomic E-state index is 12.3. The number of rotatable bonds is 3. The summed E-state index contributed by atoms with van der Waals surface area (Å²) in [6.45, 7) is 4.03. The summed E-state index contributed by atoms with van der Waals surface area (Å²) in [4.78, 5) is 12.3. The first-order valence-corrected chi connectivity index (χ1v) is 8.23. The molecule has 0 spiro atoms. The second-order valence-electron chi connectivity index (χ2n) is 5.88. The Morgan fingerprint density at radius 3 is 2.86 bits per heavy atom. The van der Waals surface area contributed by atoms with E-state index >= 15 is 0 Å². The second-order valence-corrected chi connectivity index (χ2v) is 5.88. The summed E-state index contributed by atoms with van der Waals surface area (Å²) < 4.78 is 5.25. The molecule has 1 aromatic carbocycles. The van der Waals surface area contributed by atoms with Gasteiger partial charge in [-0.1, -0.05) is 30.3 Å². The fraction of sp³-hybridized carbons (Fsp3) is 0.500. The van der Waals surface area contributed by atoms with Crippen LogP contribution in [-0.4, -0.2) is 25.7 Å². The number of hydrogen-bond donors (Lipinski definition) is 2. The van der Waals surface area contributed by atoms with Gasteiger partial charge in [0.2, 0.25) is 0 Å². The van der Waals surface area contributed by atoms with Crippen LogP contribution in [0.3, 0.4) is 0 Å². The number of benzene rings is 1. The lowest BCUT2D eigenvalue weighted by Gasteiger charge is -2.32. The van der Waals surface area contributed by atoms with E-state index in [0.717, 1.165) is 43.6 Å². The van der Waals surface area contributed by atoms with Crippen LogP contribution in [0.1, 0.15) is 37.8 Å². The number of hydrogen-bond acceptors (Lipinski definition) is 4. The van der Waals surface area contributed by atoms with Gasteiger partial charge in [-0.3, -0.25) is 0 Å². The van der Waals surface area contributed by atoms with Gasteiger partial charge in [-0.2, -0.15) is 0 Å². The van der Waals surface area contributed by atoms with Gasteiger partial charge >= 0.3 is 5.97 Å². The lowest BCUT2D eigenvalue weighted by Crippen LogP contribution is -2.32. The molecule has 3 rings (SSSR count). The van der Waals surface area contributed by atoms with Crippen molar-refractivity contribution in [1.82, 2.24) is 10.6 Å². The molecule has 1 saturated heterocycles. The largest absolute Gasteiger partial charge is 0.463 e. The van der Waals surface area contributed by atoms with Gasteiger partial charge in [0.05, 0.1) is 12.2 Å². The van der Waals surface area contributed by atoms with Crippen LogP contribution in [0, 0.1) is 5.92 Å². The first-order valence-electron chi connectivity index (χ1n) is 8.23. The molecule has 2 atom stereocenters. The van der Waals surface area contributed by atoms with Crippen molar-refractivity contribution in [3.05, 3.63) is 47.2 Å². The fourth-order valence-corrected chi connectivity index (χ4v) is 3.58. The average molecular weight is 300 g/mol. The zero-order valence-electron chi connectivity index (χ0n) is 13.1. The lowest BCUT2D eigenvalue weighted by atomic mass is 9.80. The summed E-state index contributed by atoms with van der Waals surface area (Å²) in [7, 11) is 0. The Hall–Kier alpha value is -1.81. The Balaban J connectivity index is 1.95. The first kappa shape index (κ1) is 15.1. The SMILES string of the molecule is CCOC(=O)C1=C2NCCN[C@@H](c3ccccc3)[C@H]2CCC1. The molecular weight excluding hydrogens is 276 g/mol. The molecule has 4 heteroatoms. The minimum absolute atomic E-state index is 0.150. The molecule has 2 N–H and O–H groups in total. The van der Waals surface area contributed by atoms with Crippen LogP contribution < -0.4 is 10.6 Å². The summed E-state index contributed by atoms with van der Waals surface area (Å²) in [6, 6.07) is 10.8. The van der Waals surface area contributed by atoms with Gasteiger partial charge in [-0.15, -0.1) is 0 Å². The van der Waals surface area contributed by atoms with Crippen LogP contribution >= 0.6 is 0 Å². The molecule has 1 aliphatic heterocycles. The Labute approximate surface area is 131 Å². The van der Waals surface area contributed by atoms with Gasteiger partial charge in [0.25, 0.3) is 0 Å². The van der Waals surface area contributed by atoms with Gasteiger partial charge in [-0.25, -0.2) is 4.79 Å². The minimum atomic E-state index is -0.150. The average Bonchev–Trinajstić information content (AvgIpc) is 2.78. The van der Waals surface area contributed by atoms with Crippen molar-refractivity contribution < 1.29 is 9.53 Å². The van der Waals surface area contributed by atoms with Gasteiger partial charge in [0.15, 0.2) is 0 Å². The molecule has 1 aliphatic carbocycles. The Morgan fingerprint density at radius 1 is 1.27 bits per heavy atom. The molecule has 0 saturated carbocycles. The zero-order chi connectivity index (χ0) is 15.4. The van der Waals surface area contributed by atoms with Crippen molar-refractivity contribution >= 4 is 5.97 Å². The standard InChI is InChI=1S/C18H24N2O2/c1-2-22-18(21)15-10-6-9-14-16(13-7-4-3-5-8-13)19-11-12-20-17(14)15/h3-5,7-8,14,16,19-20H,2,6,9-12H2,1H3/t14-,16+/m1/s1. The summed E-state index contributed by atoms with van der Waals surface area (Å²) in [5, 5.41) is 7.13. The van der Waals surface area contributed by atoms with Crippen molar-refractivity contribution in [3.63, 3.8) is 0 Å². The van der Waals surface area contributed by atoms with Crippen molar-refractivity contribution in [2.75, 3.05) is 19.7 Å². The lowest BCUT2D eigenvalue weighted by molar-refractivity contribution is -0.138. The van der Waals surface area contributed by atoms with Gasteiger partial charge in [0, 0.05) is 30.7 Å². The molecular formula is C18H24N2O2. The molecule has 0 aromatic heterocycles. The highest BCUT2D eigenvalue weighted by atomic mass is 16.5. The van der Waals surface area contributed by atoms with E-state index in [1.807, 2.05) is 13.0 Å². The van der Waals surface area contributed by atoms with E-state index in [9.17, 15) is 4.79 Å². The normalized spacial score (nSPS) is 25.0. The van der Waals surface area contributed by atoms with Gasteiger partial charge in [-0.05, 0) is 31.7 Å². The minimum Gasteiger partial charge on any atom is -0.463 e. The van der Waals surface area contributed by atoms with E-state index in [1.54, 1.807) is 0 Å². The third-order valence-corrected chi connectivity index (χ3v) is 4.53. The van der Waals surface area contributed by atoms with Crippen LogP contribution in [-0.2, 0) is 9.53 Å². The number of nitrogens with one attached hydrogen (secondary N) is 2. The van der Waals surface area contributed by atoms with E-state index in [-0.39, 0.29) is 12.0 Å². The third kappa shape index (κ3) is 3.02.